The average molecular weight is 437 g/mol. The van der Waals surface area contributed by atoms with Crippen LogP contribution in [0.5, 0.6) is 0 Å². The number of fused-ring (bicyclic) bond motifs is 1. The summed E-state index contributed by atoms with van der Waals surface area (Å²) in [4.78, 5) is 24.9. The summed E-state index contributed by atoms with van der Waals surface area (Å²) in [6.07, 6.45) is 0.725. The average Bonchev–Trinajstić information content (AvgIpc) is 2.82. The van der Waals surface area contributed by atoms with Gasteiger partial charge in [0.25, 0.3) is 0 Å². The Balaban J connectivity index is 1.51. The SMILES string of the molecule is CCC(Sc1nc(CN2CCOCC2)nc2ccccc12)C(=O)NCc1ccccc1. The van der Waals surface area contributed by atoms with Crippen LogP contribution in [-0.2, 0) is 22.6 Å². The lowest BCUT2D eigenvalue weighted by atomic mass is 10.2. The Morgan fingerprint density at radius 2 is 1.84 bits per heavy atom. The number of para-hydroxylation sites is 1. The molecule has 1 N–H and O–H groups in total. The van der Waals surface area contributed by atoms with Crippen LogP contribution in [0.1, 0.15) is 24.7 Å². The lowest BCUT2D eigenvalue weighted by Crippen LogP contribution is -2.36. The van der Waals surface area contributed by atoms with Crippen molar-refractivity contribution in [3.8, 4) is 0 Å². The molecule has 162 valence electrons. The van der Waals surface area contributed by atoms with E-state index in [0.717, 1.165) is 60.0 Å². The van der Waals surface area contributed by atoms with Gasteiger partial charge < -0.3 is 10.1 Å². The number of carbonyl (C=O) groups is 1. The Morgan fingerprint density at radius 1 is 1.10 bits per heavy atom. The molecule has 1 fully saturated rings. The van der Waals surface area contributed by atoms with Gasteiger partial charge in [0.05, 0.1) is 30.5 Å². The third-order valence-electron chi connectivity index (χ3n) is 5.31. The van der Waals surface area contributed by atoms with Crippen LogP contribution in [0.3, 0.4) is 0 Å². The second-order valence-electron chi connectivity index (χ2n) is 7.57. The largest absolute Gasteiger partial charge is 0.379 e. The number of hydrogen-bond donors (Lipinski definition) is 1. The Hall–Kier alpha value is -2.48. The Morgan fingerprint density at radius 3 is 2.61 bits per heavy atom. The van der Waals surface area contributed by atoms with Gasteiger partial charge in [-0.05, 0) is 18.1 Å². The van der Waals surface area contributed by atoms with Crippen LogP contribution >= 0.6 is 11.8 Å². The fourth-order valence-corrected chi connectivity index (χ4v) is 4.65. The molecule has 3 aromatic rings. The van der Waals surface area contributed by atoms with E-state index in [4.69, 9.17) is 14.7 Å². The number of morpholine rings is 1. The molecular weight excluding hydrogens is 408 g/mol. The number of nitrogens with zero attached hydrogens (tertiary/aromatic N) is 3. The molecule has 4 rings (SSSR count). The van der Waals surface area contributed by atoms with Crippen LogP contribution in [-0.4, -0.2) is 52.3 Å². The molecule has 1 aliphatic heterocycles. The van der Waals surface area contributed by atoms with Crippen molar-refractivity contribution in [3.63, 3.8) is 0 Å². The lowest BCUT2D eigenvalue weighted by molar-refractivity contribution is -0.120. The number of thioether (sulfide) groups is 1. The van der Waals surface area contributed by atoms with Crippen LogP contribution < -0.4 is 5.32 Å². The summed E-state index contributed by atoms with van der Waals surface area (Å²) in [5.74, 6) is 0.830. The number of ether oxygens (including phenoxy) is 1. The highest BCUT2D eigenvalue weighted by atomic mass is 32.2. The fourth-order valence-electron chi connectivity index (χ4n) is 3.57. The highest BCUT2D eigenvalue weighted by Crippen LogP contribution is 2.30. The highest BCUT2D eigenvalue weighted by molar-refractivity contribution is 8.00. The molecule has 6 nitrogen and oxygen atoms in total. The molecule has 1 saturated heterocycles. The number of benzene rings is 2. The van der Waals surface area contributed by atoms with Crippen LogP contribution in [0.2, 0.25) is 0 Å². The van der Waals surface area contributed by atoms with Crippen molar-refractivity contribution in [3.05, 3.63) is 66.0 Å². The molecule has 7 heteroatoms. The predicted octanol–water partition coefficient (Wildman–Crippen LogP) is 3.65. The summed E-state index contributed by atoms with van der Waals surface area (Å²) < 4.78 is 5.45. The van der Waals surface area contributed by atoms with Gasteiger partial charge in [-0.3, -0.25) is 9.69 Å². The molecule has 2 aromatic carbocycles. The molecule has 0 saturated carbocycles. The zero-order valence-corrected chi connectivity index (χ0v) is 18.6. The zero-order chi connectivity index (χ0) is 21.5. The first-order valence-corrected chi connectivity index (χ1v) is 11.6. The molecule has 0 spiro atoms. The van der Waals surface area contributed by atoms with Gasteiger partial charge in [0.2, 0.25) is 5.91 Å². The van der Waals surface area contributed by atoms with Gasteiger partial charge in [-0.25, -0.2) is 9.97 Å². The topological polar surface area (TPSA) is 67.3 Å². The van der Waals surface area contributed by atoms with Crippen molar-refractivity contribution in [2.24, 2.45) is 0 Å². The van der Waals surface area contributed by atoms with E-state index < -0.39 is 0 Å². The monoisotopic (exact) mass is 436 g/mol. The first kappa shape index (κ1) is 21.7. The summed E-state index contributed by atoms with van der Waals surface area (Å²) in [5, 5.41) is 4.73. The first-order valence-electron chi connectivity index (χ1n) is 10.8. The van der Waals surface area contributed by atoms with Gasteiger partial charge in [-0.1, -0.05) is 67.2 Å². The molecular formula is C24H28N4O2S. The van der Waals surface area contributed by atoms with E-state index in [1.165, 1.54) is 11.8 Å². The Bertz CT molecular complexity index is 1010. The number of aromatic nitrogens is 2. The van der Waals surface area contributed by atoms with Gasteiger partial charge in [0.1, 0.15) is 10.9 Å². The summed E-state index contributed by atoms with van der Waals surface area (Å²) in [5.41, 5.74) is 2.01. The number of nitrogens with one attached hydrogen (secondary N) is 1. The molecule has 0 bridgehead atoms. The minimum absolute atomic E-state index is 0.0359. The molecule has 1 atom stereocenters. The van der Waals surface area contributed by atoms with E-state index in [1.807, 2.05) is 61.5 Å². The summed E-state index contributed by atoms with van der Waals surface area (Å²) in [7, 11) is 0. The third-order valence-corrected chi connectivity index (χ3v) is 6.68. The lowest BCUT2D eigenvalue weighted by Gasteiger charge is -2.26. The van der Waals surface area contributed by atoms with Crippen molar-refractivity contribution in [2.75, 3.05) is 26.3 Å². The molecule has 0 radical (unpaired) electrons. The van der Waals surface area contributed by atoms with Crippen LogP contribution in [0.15, 0.2) is 59.6 Å². The predicted molar refractivity (Wildman–Crippen MR) is 124 cm³/mol. The number of carbonyl (C=O) groups excluding carboxylic acids is 1. The van der Waals surface area contributed by atoms with Crippen molar-refractivity contribution < 1.29 is 9.53 Å². The van der Waals surface area contributed by atoms with E-state index in [9.17, 15) is 4.79 Å². The van der Waals surface area contributed by atoms with Gasteiger partial charge in [0.15, 0.2) is 0 Å². The summed E-state index contributed by atoms with van der Waals surface area (Å²) >= 11 is 1.53. The van der Waals surface area contributed by atoms with Crippen molar-refractivity contribution in [1.82, 2.24) is 20.2 Å². The van der Waals surface area contributed by atoms with Gasteiger partial charge >= 0.3 is 0 Å². The Kier molecular flexibility index (Phi) is 7.51. The summed E-state index contributed by atoms with van der Waals surface area (Å²) in [6.45, 7) is 6.53. The molecule has 0 aliphatic carbocycles. The van der Waals surface area contributed by atoms with Crippen LogP contribution in [0.25, 0.3) is 10.9 Å². The van der Waals surface area contributed by atoms with Gasteiger partial charge in [-0.15, -0.1) is 0 Å². The molecule has 1 aliphatic rings. The van der Waals surface area contributed by atoms with Crippen molar-refractivity contribution in [1.29, 1.82) is 0 Å². The second-order valence-corrected chi connectivity index (χ2v) is 8.76. The maximum atomic E-state index is 12.9. The van der Waals surface area contributed by atoms with Crippen molar-refractivity contribution >= 4 is 28.6 Å². The number of hydrogen-bond acceptors (Lipinski definition) is 6. The van der Waals surface area contributed by atoms with E-state index in [-0.39, 0.29) is 11.2 Å². The first-order chi connectivity index (χ1) is 15.2. The second kappa shape index (κ2) is 10.7. The van der Waals surface area contributed by atoms with Crippen LogP contribution in [0, 0.1) is 0 Å². The van der Waals surface area contributed by atoms with Crippen LogP contribution in [0.4, 0.5) is 0 Å². The highest BCUT2D eigenvalue weighted by Gasteiger charge is 2.21. The van der Waals surface area contributed by atoms with E-state index in [2.05, 4.69) is 10.2 Å². The molecule has 2 heterocycles. The van der Waals surface area contributed by atoms with E-state index >= 15 is 0 Å². The maximum absolute atomic E-state index is 12.9. The minimum atomic E-state index is -0.210. The molecule has 1 aromatic heterocycles. The number of rotatable bonds is 8. The van der Waals surface area contributed by atoms with Crippen molar-refractivity contribution in [2.45, 2.75) is 36.7 Å². The Labute approximate surface area is 187 Å². The molecule has 1 unspecified atom stereocenters. The van der Waals surface area contributed by atoms with E-state index in [1.54, 1.807) is 0 Å². The minimum Gasteiger partial charge on any atom is -0.379 e. The quantitative estimate of drug-likeness (QED) is 0.429. The third kappa shape index (κ3) is 5.81. The normalized spacial score (nSPS) is 15.6. The fraction of sp³-hybridized carbons (Fsp3) is 0.375. The summed E-state index contributed by atoms with van der Waals surface area (Å²) in [6, 6.07) is 18.0. The molecule has 31 heavy (non-hydrogen) atoms. The number of amides is 1. The maximum Gasteiger partial charge on any atom is 0.233 e. The van der Waals surface area contributed by atoms with E-state index in [0.29, 0.717) is 13.1 Å². The molecule has 1 amide bonds. The zero-order valence-electron chi connectivity index (χ0n) is 17.8. The van der Waals surface area contributed by atoms with Gasteiger partial charge in [0, 0.05) is 25.0 Å². The standard InChI is InChI=1S/C24H28N4O2S/c1-2-21(23(29)25-16-18-8-4-3-5-9-18)31-24-19-10-6-7-11-20(19)26-22(27-24)17-28-12-14-30-15-13-28/h3-11,21H,2,12-17H2,1H3,(H,25,29). The van der Waals surface area contributed by atoms with Gasteiger partial charge in [-0.2, -0.15) is 0 Å². The smallest absolute Gasteiger partial charge is 0.233 e.